The number of amides is 2. The van der Waals surface area contributed by atoms with Crippen molar-refractivity contribution in [2.45, 2.75) is 18.3 Å². The summed E-state index contributed by atoms with van der Waals surface area (Å²) >= 11 is 0. The van der Waals surface area contributed by atoms with Gasteiger partial charge in [0, 0.05) is 5.92 Å². The Labute approximate surface area is 196 Å². The van der Waals surface area contributed by atoms with Crippen molar-refractivity contribution in [2.24, 2.45) is 11.8 Å². The van der Waals surface area contributed by atoms with Gasteiger partial charge in [-0.1, -0.05) is 48.5 Å². The molecule has 1 fully saturated rings. The third kappa shape index (κ3) is 2.30. The van der Waals surface area contributed by atoms with E-state index in [1.807, 2.05) is 48.5 Å². The summed E-state index contributed by atoms with van der Waals surface area (Å²) < 4.78 is 4.74. The number of benzene rings is 3. The van der Waals surface area contributed by atoms with E-state index in [1.54, 1.807) is 12.1 Å². The van der Waals surface area contributed by atoms with Crippen LogP contribution in [0.25, 0.3) is 0 Å². The van der Waals surface area contributed by atoms with Gasteiger partial charge in [0.25, 0.3) is 0 Å². The molecular formula is C28H21NO5. The molecule has 3 aromatic rings. The molecule has 2 amide bonds. The number of ketones is 1. The molecule has 0 saturated carbocycles. The lowest BCUT2D eigenvalue weighted by atomic mass is 9.46. The normalized spacial score (nSPS) is 26.1. The van der Waals surface area contributed by atoms with E-state index >= 15 is 0 Å². The van der Waals surface area contributed by atoms with Gasteiger partial charge < -0.3 is 4.74 Å². The molecule has 34 heavy (non-hydrogen) atoms. The van der Waals surface area contributed by atoms with Gasteiger partial charge in [0.15, 0.2) is 0 Å². The highest BCUT2D eigenvalue weighted by Gasteiger charge is 2.69. The molecule has 2 bridgehead atoms. The molecule has 7 rings (SSSR count). The lowest BCUT2D eigenvalue weighted by Gasteiger charge is -2.52. The molecule has 168 valence electrons. The highest BCUT2D eigenvalue weighted by Crippen LogP contribution is 2.64. The van der Waals surface area contributed by atoms with Crippen molar-refractivity contribution in [1.29, 1.82) is 0 Å². The van der Waals surface area contributed by atoms with Crippen LogP contribution < -0.4 is 4.90 Å². The number of carbonyl (C=O) groups excluding carboxylic acids is 4. The first kappa shape index (κ1) is 20.5. The van der Waals surface area contributed by atoms with Crippen LogP contribution in [-0.4, -0.2) is 30.7 Å². The average Bonchev–Trinajstić information content (AvgIpc) is 3.14. The molecular weight excluding hydrogens is 430 g/mol. The second-order valence-electron chi connectivity index (χ2n) is 9.07. The van der Waals surface area contributed by atoms with Crippen molar-refractivity contribution in [3.8, 4) is 0 Å². The van der Waals surface area contributed by atoms with Crippen LogP contribution in [0.3, 0.4) is 0 Å². The summed E-state index contributed by atoms with van der Waals surface area (Å²) in [5.74, 6) is -3.17. The topological polar surface area (TPSA) is 80.8 Å². The first-order valence-electron chi connectivity index (χ1n) is 11.2. The molecule has 0 radical (unpaired) electrons. The quantitative estimate of drug-likeness (QED) is 0.449. The Morgan fingerprint density at radius 3 is 1.91 bits per heavy atom. The van der Waals surface area contributed by atoms with Crippen LogP contribution in [-0.2, 0) is 24.5 Å². The SMILES string of the molecule is COC(=O)c1ccc(N2C(=O)[C@@H]3C4c5ccccc5C(C(C)=O)(c5ccccc54)[C@@H]3C2=O)cc1. The lowest BCUT2D eigenvalue weighted by molar-refractivity contribution is -0.132. The molecule has 0 N–H and O–H groups in total. The van der Waals surface area contributed by atoms with Crippen LogP contribution in [0.15, 0.2) is 72.8 Å². The molecule has 3 aromatic carbocycles. The van der Waals surface area contributed by atoms with Gasteiger partial charge in [-0.2, -0.15) is 0 Å². The number of anilines is 1. The van der Waals surface area contributed by atoms with Gasteiger partial charge in [-0.3, -0.25) is 14.4 Å². The highest BCUT2D eigenvalue weighted by molar-refractivity contribution is 6.25. The van der Waals surface area contributed by atoms with Crippen LogP contribution in [0.1, 0.15) is 45.5 Å². The van der Waals surface area contributed by atoms with Crippen LogP contribution >= 0.6 is 0 Å². The highest BCUT2D eigenvalue weighted by atomic mass is 16.5. The van der Waals surface area contributed by atoms with Gasteiger partial charge in [-0.15, -0.1) is 0 Å². The molecule has 0 unspecified atom stereocenters. The van der Waals surface area contributed by atoms with Gasteiger partial charge in [0.1, 0.15) is 5.78 Å². The van der Waals surface area contributed by atoms with E-state index in [1.165, 1.54) is 31.1 Å². The van der Waals surface area contributed by atoms with Crippen molar-refractivity contribution >= 4 is 29.3 Å². The predicted molar refractivity (Wildman–Crippen MR) is 123 cm³/mol. The lowest BCUT2D eigenvalue weighted by Crippen LogP contribution is -2.57. The first-order valence-corrected chi connectivity index (χ1v) is 11.2. The Hall–Kier alpha value is -4.06. The van der Waals surface area contributed by atoms with E-state index in [0.717, 1.165) is 22.3 Å². The maximum atomic E-state index is 14.0. The average molecular weight is 451 g/mol. The molecule has 6 heteroatoms. The number of esters is 1. The zero-order valence-electron chi connectivity index (χ0n) is 18.6. The molecule has 3 aliphatic carbocycles. The van der Waals surface area contributed by atoms with Gasteiger partial charge in [-0.25, -0.2) is 9.69 Å². The zero-order chi connectivity index (χ0) is 23.8. The van der Waals surface area contributed by atoms with Crippen molar-refractivity contribution in [3.63, 3.8) is 0 Å². The number of carbonyl (C=O) groups is 4. The van der Waals surface area contributed by atoms with Crippen molar-refractivity contribution < 1.29 is 23.9 Å². The number of rotatable bonds is 3. The summed E-state index contributed by atoms with van der Waals surface area (Å²) in [6.45, 7) is 1.52. The molecule has 1 aliphatic heterocycles. The largest absolute Gasteiger partial charge is 0.465 e. The summed E-state index contributed by atoms with van der Waals surface area (Å²) in [4.78, 5) is 54.5. The summed E-state index contributed by atoms with van der Waals surface area (Å²) in [6, 6.07) is 21.6. The van der Waals surface area contributed by atoms with E-state index in [4.69, 9.17) is 4.74 Å². The fraction of sp³-hybridized carbons (Fsp3) is 0.214. The Morgan fingerprint density at radius 2 is 1.38 bits per heavy atom. The zero-order valence-corrected chi connectivity index (χ0v) is 18.6. The number of hydrogen-bond donors (Lipinski definition) is 0. The summed E-state index contributed by atoms with van der Waals surface area (Å²) in [5.41, 5.74) is 2.97. The van der Waals surface area contributed by atoms with Crippen LogP contribution in [0.4, 0.5) is 5.69 Å². The maximum absolute atomic E-state index is 14.0. The maximum Gasteiger partial charge on any atom is 0.337 e. The molecule has 1 heterocycles. The van der Waals surface area contributed by atoms with Gasteiger partial charge in [0.2, 0.25) is 11.8 Å². The van der Waals surface area contributed by atoms with Crippen LogP contribution in [0.2, 0.25) is 0 Å². The number of imide groups is 1. The molecule has 0 spiro atoms. The minimum atomic E-state index is -1.22. The molecule has 2 atom stereocenters. The molecule has 6 nitrogen and oxygen atoms in total. The smallest absolute Gasteiger partial charge is 0.337 e. The van der Waals surface area contributed by atoms with Crippen LogP contribution in [0.5, 0.6) is 0 Å². The van der Waals surface area contributed by atoms with E-state index in [2.05, 4.69) is 0 Å². The van der Waals surface area contributed by atoms with E-state index in [-0.39, 0.29) is 23.5 Å². The fourth-order valence-corrected chi connectivity index (χ4v) is 6.49. The second kappa shape index (κ2) is 6.97. The summed E-state index contributed by atoms with van der Waals surface area (Å²) in [5, 5.41) is 0. The van der Waals surface area contributed by atoms with Gasteiger partial charge >= 0.3 is 5.97 Å². The van der Waals surface area contributed by atoms with Gasteiger partial charge in [0.05, 0.1) is 35.6 Å². The Kier molecular flexibility index (Phi) is 4.21. The number of ether oxygens (including phenoxy) is 1. The monoisotopic (exact) mass is 451 g/mol. The number of nitrogens with zero attached hydrogens (tertiary/aromatic N) is 1. The third-order valence-corrected chi connectivity index (χ3v) is 7.72. The summed E-state index contributed by atoms with van der Waals surface area (Å²) in [7, 11) is 1.29. The fourth-order valence-electron chi connectivity index (χ4n) is 6.49. The summed E-state index contributed by atoms with van der Waals surface area (Å²) in [6.07, 6.45) is 0. The van der Waals surface area contributed by atoms with Crippen molar-refractivity contribution in [3.05, 3.63) is 101 Å². The third-order valence-electron chi connectivity index (χ3n) is 7.72. The Bertz CT molecular complexity index is 1360. The minimum Gasteiger partial charge on any atom is -0.465 e. The van der Waals surface area contributed by atoms with Crippen LogP contribution in [0, 0.1) is 11.8 Å². The first-order chi connectivity index (χ1) is 16.4. The minimum absolute atomic E-state index is 0.149. The predicted octanol–water partition coefficient (Wildman–Crippen LogP) is 3.61. The van der Waals surface area contributed by atoms with Gasteiger partial charge in [-0.05, 0) is 53.4 Å². The number of methoxy groups -OCH3 is 1. The molecule has 4 aliphatic rings. The van der Waals surface area contributed by atoms with Crippen molar-refractivity contribution in [2.75, 3.05) is 12.0 Å². The number of hydrogen-bond acceptors (Lipinski definition) is 5. The Morgan fingerprint density at radius 1 is 0.824 bits per heavy atom. The number of Topliss-reactive ketones (excluding diaryl/α,β-unsaturated/α-hetero) is 1. The standard InChI is InChI=1S/C28H21NO5/c1-15(30)28-20-9-5-3-7-18(20)22(19-8-4-6-10-21(19)28)23-24(28)26(32)29(25(23)31)17-13-11-16(12-14-17)27(33)34-2/h3-14,22-24H,1-2H3/t22?,23-,24+,28?/m1/s1. The van der Waals surface area contributed by atoms with Crippen molar-refractivity contribution in [1.82, 2.24) is 0 Å². The Balaban J connectivity index is 1.57. The van der Waals surface area contributed by atoms with E-state index in [9.17, 15) is 19.2 Å². The van der Waals surface area contributed by atoms with E-state index in [0.29, 0.717) is 11.3 Å². The molecule has 1 saturated heterocycles. The molecule has 0 aromatic heterocycles. The van der Waals surface area contributed by atoms with E-state index < -0.39 is 23.2 Å². The second-order valence-corrected chi connectivity index (χ2v) is 9.07.